The van der Waals surface area contributed by atoms with Crippen molar-refractivity contribution in [3.05, 3.63) is 77.2 Å². The van der Waals surface area contributed by atoms with Crippen LogP contribution in [0.2, 0.25) is 0 Å². The number of nitrogens with zero attached hydrogens (tertiary/aromatic N) is 1. The Balaban J connectivity index is 1.36. The Hall–Kier alpha value is -2.68. The van der Waals surface area contributed by atoms with Crippen LogP contribution < -0.4 is 5.32 Å². The number of carboxylic acid groups (broad SMARTS) is 1. The number of piperidine rings is 1. The summed E-state index contributed by atoms with van der Waals surface area (Å²) in [5.74, 6) is -0.882. The summed E-state index contributed by atoms with van der Waals surface area (Å²) in [7, 11) is -3.32. The fourth-order valence-electron chi connectivity index (χ4n) is 3.76. The molecule has 0 atom stereocenters. The van der Waals surface area contributed by atoms with Crippen molar-refractivity contribution in [3.63, 3.8) is 0 Å². The maximum Gasteiger partial charge on any atom is 0.345 e. The second-order valence-corrected chi connectivity index (χ2v) is 10.7. The van der Waals surface area contributed by atoms with Gasteiger partial charge >= 0.3 is 5.97 Å². The topological polar surface area (TPSA) is 86.7 Å². The molecule has 0 spiro atoms. The van der Waals surface area contributed by atoms with E-state index in [4.69, 9.17) is 5.11 Å². The highest BCUT2D eigenvalue weighted by Crippen LogP contribution is 2.30. The van der Waals surface area contributed by atoms with Crippen LogP contribution in [0.1, 0.15) is 28.1 Å². The van der Waals surface area contributed by atoms with Gasteiger partial charge in [0.2, 0.25) is 10.0 Å². The monoisotopic (exact) mass is 456 g/mol. The summed E-state index contributed by atoms with van der Waals surface area (Å²) in [6.07, 6.45) is 1.47. The summed E-state index contributed by atoms with van der Waals surface area (Å²) in [4.78, 5) is 12.3. The molecule has 3 aromatic rings. The molecule has 1 fully saturated rings. The normalized spacial score (nSPS) is 15.6. The van der Waals surface area contributed by atoms with Crippen molar-refractivity contribution in [2.75, 3.05) is 18.4 Å². The van der Waals surface area contributed by atoms with Gasteiger partial charge < -0.3 is 10.4 Å². The number of hydrogen-bond acceptors (Lipinski definition) is 5. The number of carbonyl (C=O) groups is 1. The van der Waals surface area contributed by atoms with Gasteiger partial charge in [-0.05, 0) is 48.2 Å². The standard InChI is InChI=1S/C23H24N2O4S2/c26-23(27)22-10-9-21(30-22)18-7-4-8-20(15-18)24-19-11-13-25(14-12-19)31(28,29)16-17-5-2-1-3-6-17/h1-10,15,19,24H,11-14,16H2,(H,26,27). The zero-order valence-electron chi connectivity index (χ0n) is 16.9. The van der Waals surface area contributed by atoms with Crippen LogP contribution >= 0.6 is 11.3 Å². The van der Waals surface area contributed by atoms with Crippen molar-refractivity contribution in [2.24, 2.45) is 0 Å². The van der Waals surface area contributed by atoms with Crippen LogP contribution in [0.3, 0.4) is 0 Å². The molecule has 8 heteroatoms. The lowest BCUT2D eigenvalue weighted by Gasteiger charge is -2.32. The molecule has 6 nitrogen and oxygen atoms in total. The van der Waals surface area contributed by atoms with Crippen molar-refractivity contribution >= 4 is 33.0 Å². The minimum Gasteiger partial charge on any atom is -0.477 e. The molecule has 162 valence electrons. The Kier molecular flexibility index (Phi) is 6.41. The minimum absolute atomic E-state index is 0.0348. The first kappa shape index (κ1) is 21.5. The SMILES string of the molecule is O=C(O)c1ccc(-c2cccc(NC3CCN(S(=O)(=O)Cc4ccccc4)CC3)c2)s1. The molecule has 4 rings (SSSR count). The van der Waals surface area contributed by atoms with E-state index in [0.717, 1.165) is 34.5 Å². The number of aromatic carboxylic acids is 1. The van der Waals surface area contributed by atoms with E-state index in [-0.39, 0.29) is 11.8 Å². The van der Waals surface area contributed by atoms with Gasteiger partial charge in [0.25, 0.3) is 0 Å². The van der Waals surface area contributed by atoms with Gasteiger partial charge in [-0.2, -0.15) is 0 Å². The van der Waals surface area contributed by atoms with Crippen LogP contribution in [0, 0.1) is 0 Å². The molecule has 0 bridgehead atoms. The molecule has 2 heterocycles. The van der Waals surface area contributed by atoms with E-state index in [1.807, 2.05) is 60.7 Å². The van der Waals surface area contributed by atoms with E-state index in [0.29, 0.717) is 18.0 Å². The summed E-state index contributed by atoms with van der Waals surface area (Å²) < 4.78 is 27.1. The summed E-state index contributed by atoms with van der Waals surface area (Å²) in [6, 6.07) is 20.8. The van der Waals surface area contributed by atoms with Gasteiger partial charge in [-0.25, -0.2) is 17.5 Å². The number of benzene rings is 2. The summed E-state index contributed by atoms with van der Waals surface area (Å²) in [6.45, 7) is 0.999. The van der Waals surface area contributed by atoms with E-state index < -0.39 is 16.0 Å². The molecule has 1 aromatic heterocycles. The Morgan fingerprint density at radius 1 is 1.03 bits per heavy atom. The van der Waals surface area contributed by atoms with E-state index in [2.05, 4.69) is 5.32 Å². The fraction of sp³-hybridized carbons (Fsp3) is 0.261. The molecule has 0 saturated carbocycles. The van der Waals surface area contributed by atoms with E-state index in [1.165, 1.54) is 11.3 Å². The number of anilines is 1. The van der Waals surface area contributed by atoms with Crippen molar-refractivity contribution in [1.82, 2.24) is 4.31 Å². The Bertz CT molecular complexity index is 1150. The molecule has 0 aliphatic carbocycles. The predicted octanol–water partition coefficient (Wildman–Crippen LogP) is 4.52. The highest BCUT2D eigenvalue weighted by atomic mass is 32.2. The van der Waals surface area contributed by atoms with Crippen LogP contribution in [-0.2, 0) is 15.8 Å². The van der Waals surface area contributed by atoms with Gasteiger partial charge in [-0.15, -0.1) is 11.3 Å². The molecule has 1 saturated heterocycles. The second-order valence-electron chi connectivity index (χ2n) is 7.61. The quantitative estimate of drug-likeness (QED) is 0.546. The van der Waals surface area contributed by atoms with Crippen molar-refractivity contribution in [2.45, 2.75) is 24.6 Å². The molecule has 0 amide bonds. The first-order valence-corrected chi connectivity index (χ1v) is 12.6. The van der Waals surface area contributed by atoms with Gasteiger partial charge in [-0.1, -0.05) is 42.5 Å². The first-order chi connectivity index (χ1) is 14.9. The number of sulfonamides is 1. The molecule has 31 heavy (non-hydrogen) atoms. The molecule has 2 N–H and O–H groups in total. The zero-order valence-corrected chi connectivity index (χ0v) is 18.5. The van der Waals surface area contributed by atoms with Gasteiger partial charge in [0.1, 0.15) is 4.88 Å². The number of rotatable bonds is 7. The molecule has 2 aromatic carbocycles. The zero-order chi connectivity index (χ0) is 21.8. The molecule has 1 aliphatic heterocycles. The lowest BCUT2D eigenvalue weighted by molar-refractivity contribution is 0.0702. The van der Waals surface area contributed by atoms with Crippen molar-refractivity contribution in [1.29, 1.82) is 0 Å². The van der Waals surface area contributed by atoms with Crippen LogP contribution in [0.25, 0.3) is 10.4 Å². The lowest BCUT2D eigenvalue weighted by Crippen LogP contribution is -2.42. The molecular weight excluding hydrogens is 432 g/mol. The fourth-order valence-corrected chi connectivity index (χ4v) is 6.17. The van der Waals surface area contributed by atoms with Gasteiger partial charge in [0, 0.05) is 29.7 Å². The minimum atomic E-state index is -3.32. The third-order valence-corrected chi connectivity index (χ3v) is 8.35. The lowest BCUT2D eigenvalue weighted by atomic mass is 10.1. The highest BCUT2D eigenvalue weighted by molar-refractivity contribution is 7.88. The molecule has 0 radical (unpaired) electrons. The molecular formula is C23H24N2O4S2. The number of hydrogen-bond donors (Lipinski definition) is 2. The predicted molar refractivity (Wildman–Crippen MR) is 124 cm³/mol. The van der Waals surface area contributed by atoms with Gasteiger partial charge in [-0.3, -0.25) is 0 Å². The third kappa shape index (κ3) is 5.33. The average Bonchev–Trinajstić information content (AvgIpc) is 3.26. The van der Waals surface area contributed by atoms with E-state index in [9.17, 15) is 13.2 Å². The van der Waals surface area contributed by atoms with Gasteiger partial charge in [0.05, 0.1) is 5.75 Å². The van der Waals surface area contributed by atoms with E-state index in [1.54, 1.807) is 10.4 Å². The summed E-state index contributed by atoms with van der Waals surface area (Å²) in [5, 5.41) is 12.6. The Labute approximate surface area is 186 Å². The second kappa shape index (κ2) is 9.21. The van der Waals surface area contributed by atoms with Crippen LogP contribution in [0.4, 0.5) is 5.69 Å². The summed E-state index contributed by atoms with van der Waals surface area (Å²) in [5.41, 5.74) is 2.72. The summed E-state index contributed by atoms with van der Waals surface area (Å²) >= 11 is 1.25. The van der Waals surface area contributed by atoms with Crippen LogP contribution in [0.5, 0.6) is 0 Å². The van der Waals surface area contributed by atoms with E-state index >= 15 is 0 Å². The maximum absolute atomic E-state index is 12.7. The number of carboxylic acids is 1. The Morgan fingerprint density at radius 3 is 2.45 bits per heavy atom. The van der Waals surface area contributed by atoms with Crippen LogP contribution in [0.15, 0.2) is 66.7 Å². The third-order valence-electron chi connectivity index (χ3n) is 5.37. The van der Waals surface area contributed by atoms with Crippen molar-refractivity contribution < 1.29 is 18.3 Å². The smallest absolute Gasteiger partial charge is 0.345 e. The van der Waals surface area contributed by atoms with Crippen LogP contribution in [-0.4, -0.2) is 42.9 Å². The molecule has 0 unspecified atom stereocenters. The largest absolute Gasteiger partial charge is 0.477 e. The number of nitrogens with one attached hydrogen (secondary N) is 1. The average molecular weight is 457 g/mol. The number of thiophene rings is 1. The Morgan fingerprint density at radius 2 is 1.77 bits per heavy atom. The van der Waals surface area contributed by atoms with Crippen molar-refractivity contribution in [3.8, 4) is 10.4 Å². The highest BCUT2D eigenvalue weighted by Gasteiger charge is 2.28. The first-order valence-electron chi connectivity index (χ1n) is 10.1. The molecule has 1 aliphatic rings. The van der Waals surface area contributed by atoms with Gasteiger partial charge in [0.15, 0.2) is 0 Å². The maximum atomic E-state index is 12.7.